The molecule has 112 valence electrons. The Labute approximate surface area is 129 Å². The second-order valence-electron chi connectivity index (χ2n) is 4.98. The molecule has 2 aromatic rings. The monoisotopic (exact) mass is 303 g/mol. The van der Waals surface area contributed by atoms with Gasteiger partial charge in [-0.3, -0.25) is 4.79 Å². The van der Waals surface area contributed by atoms with Gasteiger partial charge in [0.2, 0.25) is 5.91 Å². The Bertz CT molecular complexity index is 595. The first-order chi connectivity index (χ1) is 10.2. The number of aryl methyl sites for hydroxylation is 2. The molecule has 5 heteroatoms. The van der Waals surface area contributed by atoms with Crippen LogP contribution in [0, 0.1) is 6.92 Å². The third-order valence-electron chi connectivity index (χ3n) is 3.19. The summed E-state index contributed by atoms with van der Waals surface area (Å²) in [6.07, 6.45) is 2.09. The summed E-state index contributed by atoms with van der Waals surface area (Å²) in [4.78, 5) is 16.2. The summed E-state index contributed by atoms with van der Waals surface area (Å²) >= 11 is 1.58. The van der Waals surface area contributed by atoms with Crippen LogP contribution < -0.4 is 10.6 Å². The molecule has 1 aromatic heterocycles. The van der Waals surface area contributed by atoms with Gasteiger partial charge < -0.3 is 10.6 Å². The average molecular weight is 303 g/mol. The third kappa shape index (κ3) is 5.19. The molecule has 0 saturated carbocycles. The van der Waals surface area contributed by atoms with Crippen molar-refractivity contribution in [1.29, 1.82) is 0 Å². The van der Waals surface area contributed by atoms with E-state index in [4.69, 9.17) is 0 Å². The van der Waals surface area contributed by atoms with E-state index in [0.717, 1.165) is 23.7 Å². The van der Waals surface area contributed by atoms with Gasteiger partial charge in [0.15, 0.2) is 5.13 Å². The lowest BCUT2D eigenvalue weighted by molar-refractivity contribution is -0.121. The number of amides is 1. The van der Waals surface area contributed by atoms with Gasteiger partial charge in [-0.05, 0) is 18.9 Å². The zero-order valence-corrected chi connectivity index (χ0v) is 13.3. The molecule has 1 amide bonds. The van der Waals surface area contributed by atoms with Crippen LogP contribution in [0.4, 0.5) is 5.13 Å². The molecule has 2 rings (SSSR count). The van der Waals surface area contributed by atoms with Crippen LogP contribution in [0.15, 0.2) is 29.6 Å². The van der Waals surface area contributed by atoms with Gasteiger partial charge in [-0.15, -0.1) is 11.3 Å². The molecule has 0 aliphatic rings. The Balaban J connectivity index is 1.67. The first-order valence-electron chi connectivity index (χ1n) is 7.12. The van der Waals surface area contributed by atoms with Crippen LogP contribution in [0.2, 0.25) is 0 Å². The van der Waals surface area contributed by atoms with Gasteiger partial charge in [0.1, 0.15) is 0 Å². The standard InChI is InChI=1S/C16H21N3OS/c1-12-4-3-5-13(10-12)6-7-15(20)18-9-8-14-11-21-16(17-2)19-14/h3-5,10-11H,6-9H2,1-2H3,(H,17,19)(H,18,20). The molecule has 0 unspecified atom stereocenters. The van der Waals surface area contributed by atoms with E-state index >= 15 is 0 Å². The molecule has 0 atom stereocenters. The summed E-state index contributed by atoms with van der Waals surface area (Å²) in [5, 5.41) is 8.89. The second-order valence-corrected chi connectivity index (χ2v) is 5.84. The number of carbonyl (C=O) groups excluding carboxylic acids is 1. The van der Waals surface area contributed by atoms with Crippen molar-refractivity contribution in [3.63, 3.8) is 0 Å². The third-order valence-corrected chi connectivity index (χ3v) is 4.10. The first-order valence-corrected chi connectivity index (χ1v) is 8.00. The Morgan fingerprint density at radius 3 is 2.90 bits per heavy atom. The molecular weight excluding hydrogens is 282 g/mol. The summed E-state index contributed by atoms with van der Waals surface area (Å²) in [7, 11) is 1.86. The smallest absolute Gasteiger partial charge is 0.220 e. The molecule has 0 fully saturated rings. The predicted octanol–water partition coefficient (Wildman–Crippen LogP) is 2.78. The number of hydrogen-bond acceptors (Lipinski definition) is 4. The van der Waals surface area contributed by atoms with Crippen molar-refractivity contribution in [3.8, 4) is 0 Å². The fourth-order valence-corrected chi connectivity index (χ4v) is 2.79. The summed E-state index contributed by atoms with van der Waals surface area (Å²) in [6, 6.07) is 8.29. The molecule has 0 radical (unpaired) electrons. The lowest BCUT2D eigenvalue weighted by atomic mass is 10.1. The van der Waals surface area contributed by atoms with E-state index in [9.17, 15) is 4.79 Å². The van der Waals surface area contributed by atoms with Crippen molar-refractivity contribution in [2.45, 2.75) is 26.2 Å². The van der Waals surface area contributed by atoms with E-state index in [1.54, 1.807) is 11.3 Å². The first kappa shape index (κ1) is 15.5. The minimum absolute atomic E-state index is 0.0978. The Kier molecular flexibility index (Phi) is 5.75. The maximum Gasteiger partial charge on any atom is 0.220 e. The number of thiazole rings is 1. The molecule has 21 heavy (non-hydrogen) atoms. The van der Waals surface area contributed by atoms with Gasteiger partial charge in [0, 0.05) is 31.8 Å². The number of rotatable bonds is 7. The van der Waals surface area contributed by atoms with Crippen molar-refractivity contribution < 1.29 is 4.79 Å². The number of benzene rings is 1. The van der Waals surface area contributed by atoms with Gasteiger partial charge in [0.25, 0.3) is 0 Å². The highest BCUT2D eigenvalue weighted by Crippen LogP contribution is 2.14. The highest BCUT2D eigenvalue weighted by atomic mass is 32.1. The normalized spacial score (nSPS) is 10.4. The molecular formula is C16H21N3OS. The number of aromatic nitrogens is 1. The maximum absolute atomic E-state index is 11.8. The van der Waals surface area contributed by atoms with Gasteiger partial charge in [-0.1, -0.05) is 29.8 Å². The van der Waals surface area contributed by atoms with Crippen molar-refractivity contribution in [2.24, 2.45) is 0 Å². The fraction of sp³-hybridized carbons (Fsp3) is 0.375. The topological polar surface area (TPSA) is 54.0 Å². The Morgan fingerprint density at radius 2 is 2.19 bits per heavy atom. The van der Waals surface area contributed by atoms with Crippen LogP contribution in [-0.2, 0) is 17.6 Å². The molecule has 0 spiro atoms. The minimum atomic E-state index is 0.0978. The minimum Gasteiger partial charge on any atom is -0.365 e. The number of anilines is 1. The lowest BCUT2D eigenvalue weighted by Gasteiger charge is -2.05. The van der Waals surface area contributed by atoms with Gasteiger partial charge in [0.05, 0.1) is 5.69 Å². The lowest BCUT2D eigenvalue weighted by Crippen LogP contribution is -2.25. The van der Waals surface area contributed by atoms with E-state index in [1.165, 1.54) is 11.1 Å². The van der Waals surface area contributed by atoms with E-state index in [2.05, 4.69) is 40.7 Å². The quantitative estimate of drug-likeness (QED) is 0.827. The summed E-state index contributed by atoms with van der Waals surface area (Å²) < 4.78 is 0. The van der Waals surface area contributed by atoms with Crippen LogP contribution in [0.1, 0.15) is 23.2 Å². The molecule has 1 heterocycles. The molecule has 1 aromatic carbocycles. The molecule has 0 aliphatic heterocycles. The number of hydrogen-bond donors (Lipinski definition) is 2. The summed E-state index contributed by atoms with van der Waals surface area (Å²) in [6.45, 7) is 2.70. The van der Waals surface area contributed by atoms with Crippen LogP contribution in [0.3, 0.4) is 0 Å². The van der Waals surface area contributed by atoms with E-state index in [0.29, 0.717) is 13.0 Å². The summed E-state index contributed by atoms with van der Waals surface area (Å²) in [5.41, 5.74) is 3.46. The zero-order chi connectivity index (χ0) is 15.1. The Morgan fingerprint density at radius 1 is 1.33 bits per heavy atom. The van der Waals surface area contributed by atoms with Crippen molar-refractivity contribution >= 4 is 22.4 Å². The predicted molar refractivity (Wildman–Crippen MR) is 87.9 cm³/mol. The van der Waals surface area contributed by atoms with Crippen LogP contribution >= 0.6 is 11.3 Å². The van der Waals surface area contributed by atoms with Gasteiger partial charge in [-0.25, -0.2) is 4.98 Å². The van der Waals surface area contributed by atoms with E-state index in [-0.39, 0.29) is 5.91 Å². The molecule has 0 saturated heterocycles. The SMILES string of the molecule is CNc1nc(CCNC(=O)CCc2cccc(C)c2)cs1. The molecule has 2 N–H and O–H groups in total. The van der Waals surface area contributed by atoms with Crippen LogP contribution in [-0.4, -0.2) is 24.5 Å². The van der Waals surface area contributed by atoms with Gasteiger partial charge in [-0.2, -0.15) is 0 Å². The number of carbonyl (C=O) groups is 1. The average Bonchev–Trinajstić information content (AvgIpc) is 2.93. The Hall–Kier alpha value is -1.88. The maximum atomic E-state index is 11.8. The fourth-order valence-electron chi connectivity index (χ4n) is 2.08. The number of nitrogens with zero attached hydrogens (tertiary/aromatic N) is 1. The zero-order valence-electron chi connectivity index (χ0n) is 12.5. The molecule has 0 bridgehead atoms. The molecule has 4 nitrogen and oxygen atoms in total. The van der Waals surface area contributed by atoms with Crippen LogP contribution in [0.5, 0.6) is 0 Å². The highest BCUT2D eigenvalue weighted by Gasteiger charge is 2.04. The van der Waals surface area contributed by atoms with E-state index in [1.807, 2.05) is 18.5 Å². The number of nitrogens with one attached hydrogen (secondary N) is 2. The van der Waals surface area contributed by atoms with Crippen molar-refractivity contribution in [2.75, 3.05) is 18.9 Å². The summed E-state index contributed by atoms with van der Waals surface area (Å²) in [5.74, 6) is 0.0978. The highest BCUT2D eigenvalue weighted by molar-refractivity contribution is 7.13. The van der Waals surface area contributed by atoms with Crippen molar-refractivity contribution in [1.82, 2.24) is 10.3 Å². The van der Waals surface area contributed by atoms with Gasteiger partial charge >= 0.3 is 0 Å². The second kappa shape index (κ2) is 7.78. The van der Waals surface area contributed by atoms with Crippen molar-refractivity contribution in [3.05, 3.63) is 46.5 Å². The molecule has 0 aliphatic carbocycles. The largest absolute Gasteiger partial charge is 0.365 e. The van der Waals surface area contributed by atoms with E-state index < -0.39 is 0 Å². The van der Waals surface area contributed by atoms with Crippen LogP contribution in [0.25, 0.3) is 0 Å².